The van der Waals surface area contributed by atoms with Gasteiger partial charge >= 0.3 is 0 Å². The summed E-state index contributed by atoms with van der Waals surface area (Å²) in [5, 5.41) is 5.77. The molecule has 2 aromatic rings. The van der Waals surface area contributed by atoms with Crippen LogP contribution >= 0.6 is 11.3 Å². The zero-order valence-electron chi connectivity index (χ0n) is 8.37. The van der Waals surface area contributed by atoms with Crippen LogP contribution in [0.2, 0.25) is 0 Å². The van der Waals surface area contributed by atoms with Crippen LogP contribution in [-0.2, 0) is 0 Å². The first-order valence-electron chi connectivity index (χ1n) is 4.68. The average Bonchev–Trinajstić information content (AvgIpc) is 2.55. The van der Waals surface area contributed by atoms with E-state index >= 15 is 0 Å². The normalized spacial score (nSPS) is 13.9. The third kappa shape index (κ3) is 1.42. The Morgan fingerprint density at radius 3 is 2.79 bits per heavy atom. The molecule has 2 heteroatoms. The molecular formula is C12H13NS. The minimum absolute atomic E-state index is 1.30. The van der Waals surface area contributed by atoms with Gasteiger partial charge in [0.2, 0.25) is 0 Å². The number of nitrogens with one attached hydrogen (secondary N) is 1. The van der Waals surface area contributed by atoms with Gasteiger partial charge in [0.05, 0.1) is 4.53 Å². The van der Waals surface area contributed by atoms with E-state index in [9.17, 15) is 0 Å². The van der Waals surface area contributed by atoms with Crippen molar-refractivity contribution in [1.82, 2.24) is 5.32 Å². The molecular weight excluding hydrogens is 190 g/mol. The average molecular weight is 203 g/mol. The fourth-order valence-electron chi connectivity index (χ4n) is 1.62. The van der Waals surface area contributed by atoms with Crippen molar-refractivity contribution in [2.45, 2.75) is 6.92 Å². The van der Waals surface area contributed by atoms with Gasteiger partial charge in [-0.3, -0.25) is 0 Å². The molecule has 14 heavy (non-hydrogen) atoms. The van der Waals surface area contributed by atoms with Crippen molar-refractivity contribution >= 4 is 33.7 Å². The van der Waals surface area contributed by atoms with Crippen LogP contribution in [0.25, 0.3) is 22.4 Å². The minimum atomic E-state index is 1.30. The highest BCUT2D eigenvalue weighted by molar-refractivity contribution is 7.17. The van der Waals surface area contributed by atoms with E-state index in [4.69, 9.17) is 0 Å². The summed E-state index contributed by atoms with van der Waals surface area (Å²) in [6, 6.07) is 8.51. The van der Waals surface area contributed by atoms with Crippen molar-refractivity contribution in [3.63, 3.8) is 0 Å². The second kappa shape index (κ2) is 3.84. The van der Waals surface area contributed by atoms with Gasteiger partial charge in [0.1, 0.15) is 0 Å². The SMILES string of the molecule is C/C=c1\c(=C/NC)sc2ccccc12. The number of hydrogen-bond acceptors (Lipinski definition) is 2. The monoisotopic (exact) mass is 203 g/mol. The Balaban J connectivity index is 2.94. The van der Waals surface area contributed by atoms with E-state index in [1.807, 2.05) is 18.4 Å². The zero-order chi connectivity index (χ0) is 9.97. The molecule has 1 aromatic heterocycles. The third-order valence-corrected chi connectivity index (χ3v) is 3.36. The van der Waals surface area contributed by atoms with Gasteiger partial charge < -0.3 is 5.32 Å². The molecule has 0 unspecified atom stereocenters. The Bertz CT molecular complexity index is 551. The van der Waals surface area contributed by atoms with Crippen LogP contribution in [0.3, 0.4) is 0 Å². The molecule has 0 radical (unpaired) electrons. The Morgan fingerprint density at radius 2 is 2.07 bits per heavy atom. The maximum atomic E-state index is 3.09. The lowest BCUT2D eigenvalue weighted by Crippen LogP contribution is -2.20. The number of benzene rings is 1. The van der Waals surface area contributed by atoms with Crippen LogP contribution in [0, 0.1) is 0 Å². The van der Waals surface area contributed by atoms with Crippen LogP contribution in [-0.4, -0.2) is 7.05 Å². The molecule has 0 amide bonds. The maximum absolute atomic E-state index is 3.09. The molecule has 0 spiro atoms. The molecule has 1 N–H and O–H groups in total. The van der Waals surface area contributed by atoms with Gasteiger partial charge in [0.15, 0.2) is 0 Å². The molecule has 2 rings (SSSR count). The van der Waals surface area contributed by atoms with Gasteiger partial charge in [-0.1, -0.05) is 24.3 Å². The molecule has 0 saturated heterocycles. The lowest BCUT2D eigenvalue weighted by molar-refractivity contribution is 1.18. The highest BCUT2D eigenvalue weighted by Gasteiger charge is 1.97. The Labute approximate surface area is 87.4 Å². The second-order valence-corrected chi connectivity index (χ2v) is 4.18. The largest absolute Gasteiger partial charge is 0.393 e. The fourth-order valence-corrected chi connectivity index (χ4v) is 2.81. The molecule has 0 aliphatic carbocycles. The van der Waals surface area contributed by atoms with E-state index in [0.29, 0.717) is 0 Å². The predicted molar refractivity (Wildman–Crippen MR) is 64.7 cm³/mol. The smallest absolute Gasteiger partial charge is 0.0508 e. The van der Waals surface area contributed by atoms with Crippen molar-refractivity contribution < 1.29 is 0 Å². The first-order chi connectivity index (χ1) is 6.86. The number of thiophene rings is 1. The van der Waals surface area contributed by atoms with E-state index in [-0.39, 0.29) is 0 Å². The summed E-state index contributed by atoms with van der Waals surface area (Å²) >= 11 is 1.82. The summed E-state index contributed by atoms with van der Waals surface area (Å²) in [6.45, 7) is 2.08. The molecule has 72 valence electrons. The number of hydrogen-bond donors (Lipinski definition) is 1. The Morgan fingerprint density at radius 1 is 1.29 bits per heavy atom. The summed E-state index contributed by atoms with van der Waals surface area (Å²) in [5.41, 5.74) is 0. The van der Waals surface area contributed by atoms with E-state index in [1.54, 1.807) is 0 Å². The van der Waals surface area contributed by atoms with Crippen molar-refractivity contribution in [2.24, 2.45) is 0 Å². The molecule has 0 aliphatic heterocycles. The van der Waals surface area contributed by atoms with Crippen LogP contribution < -0.4 is 15.1 Å². The Kier molecular flexibility index (Phi) is 2.55. The van der Waals surface area contributed by atoms with Crippen LogP contribution in [0.4, 0.5) is 0 Å². The first kappa shape index (κ1) is 9.28. The number of fused-ring (bicyclic) bond motifs is 1. The van der Waals surface area contributed by atoms with Crippen molar-refractivity contribution in [1.29, 1.82) is 0 Å². The fraction of sp³-hybridized carbons (Fsp3) is 0.167. The van der Waals surface area contributed by atoms with E-state index in [0.717, 1.165) is 0 Å². The van der Waals surface area contributed by atoms with Crippen LogP contribution in [0.1, 0.15) is 6.92 Å². The molecule has 0 fully saturated rings. The first-order valence-corrected chi connectivity index (χ1v) is 5.50. The van der Waals surface area contributed by atoms with Gasteiger partial charge in [-0.05, 0) is 18.2 Å². The van der Waals surface area contributed by atoms with Gasteiger partial charge in [-0.15, -0.1) is 11.3 Å². The number of rotatable bonds is 1. The summed E-state index contributed by atoms with van der Waals surface area (Å²) in [7, 11) is 1.93. The molecule has 1 heterocycles. The topological polar surface area (TPSA) is 12.0 Å². The van der Waals surface area contributed by atoms with Crippen molar-refractivity contribution in [2.75, 3.05) is 7.05 Å². The maximum Gasteiger partial charge on any atom is 0.0508 e. The standard InChI is InChI=1S/C12H13NS/c1-3-9-10-6-4-5-7-11(10)14-12(9)8-13-2/h3-8,13H,1-2H3/b9-3-,12-8+. The van der Waals surface area contributed by atoms with Crippen LogP contribution in [0.5, 0.6) is 0 Å². The Hall–Kier alpha value is -1.28. The minimum Gasteiger partial charge on any atom is -0.393 e. The molecule has 0 saturated carbocycles. The van der Waals surface area contributed by atoms with E-state index in [1.165, 1.54) is 19.8 Å². The lowest BCUT2D eigenvalue weighted by atomic mass is 10.2. The summed E-state index contributed by atoms with van der Waals surface area (Å²) in [4.78, 5) is 0. The van der Waals surface area contributed by atoms with E-state index in [2.05, 4.69) is 48.8 Å². The van der Waals surface area contributed by atoms with E-state index < -0.39 is 0 Å². The van der Waals surface area contributed by atoms with Crippen molar-refractivity contribution in [3.8, 4) is 0 Å². The highest BCUT2D eigenvalue weighted by Crippen LogP contribution is 2.11. The highest BCUT2D eigenvalue weighted by atomic mass is 32.1. The molecule has 0 bridgehead atoms. The molecule has 0 aliphatic rings. The summed E-state index contributed by atoms with van der Waals surface area (Å²) < 4.78 is 2.65. The van der Waals surface area contributed by atoms with Gasteiger partial charge in [-0.25, -0.2) is 0 Å². The quantitative estimate of drug-likeness (QED) is 0.743. The lowest BCUT2D eigenvalue weighted by Gasteiger charge is -1.85. The molecule has 1 nitrogen and oxygen atoms in total. The zero-order valence-corrected chi connectivity index (χ0v) is 9.19. The van der Waals surface area contributed by atoms with Gasteiger partial charge in [0, 0.05) is 23.3 Å². The van der Waals surface area contributed by atoms with Gasteiger partial charge in [0.25, 0.3) is 0 Å². The van der Waals surface area contributed by atoms with Crippen molar-refractivity contribution in [3.05, 3.63) is 34.0 Å². The van der Waals surface area contributed by atoms with Gasteiger partial charge in [-0.2, -0.15) is 0 Å². The molecule has 0 atom stereocenters. The predicted octanol–water partition coefficient (Wildman–Crippen LogP) is 1.66. The third-order valence-electron chi connectivity index (χ3n) is 2.23. The molecule has 1 aromatic carbocycles. The summed E-state index contributed by atoms with van der Waals surface area (Å²) in [6.07, 6.45) is 4.22. The van der Waals surface area contributed by atoms with Crippen LogP contribution in [0.15, 0.2) is 24.3 Å². The summed E-state index contributed by atoms with van der Waals surface area (Å²) in [5.74, 6) is 0. The second-order valence-electron chi connectivity index (χ2n) is 3.10.